The highest BCUT2D eigenvalue weighted by molar-refractivity contribution is 5.79. The van der Waals surface area contributed by atoms with Crippen LogP contribution < -0.4 is 5.32 Å². The van der Waals surface area contributed by atoms with E-state index in [0.29, 0.717) is 17.9 Å². The van der Waals surface area contributed by atoms with Crippen LogP contribution >= 0.6 is 0 Å². The number of nitrogens with zero attached hydrogens (tertiary/aromatic N) is 3. The van der Waals surface area contributed by atoms with Gasteiger partial charge >= 0.3 is 0 Å². The average Bonchev–Trinajstić information content (AvgIpc) is 3.03. The van der Waals surface area contributed by atoms with Crippen molar-refractivity contribution in [2.24, 2.45) is 5.92 Å². The lowest BCUT2D eigenvalue weighted by molar-refractivity contribution is -0.136. The third-order valence-electron chi connectivity index (χ3n) is 4.43. The van der Waals surface area contributed by atoms with Crippen molar-refractivity contribution < 1.29 is 4.79 Å². The molecule has 0 atom stereocenters. The Hall–Kier alpha value is -1.65. The van der Waals surface area contributed by atoms with Crippen LogP contribution in [0, 0.1) is 5.92 Å². The van der Waals surface area contributed by atoms with Crippen molar-refractivity contribution in [3.63, 3.8) is 0 Å². The molecule has 1 aromatic heterocycles. The van der Waals surface area contributed by atoms with Gasteiger partial charge in [-0.25, -0.2) is 4.98 Å². The molecule has 20 heavy (non-hydrogen) atoms. The van der Waals surface area contributed by atoms with Crippen molar-refractivity contribution >= 4 is 11.7 Å². The molecule has 0 aromatic carbocycles. The van der Waals surface area contributed by atoms with Gasteiger partial charge in [0.1, 0.15) is 5.82 Å². The van der Waals surface area contributed by atoms with Gasteiger partial charge in [-0.05, 0) is 25.7 Å². The molecule has 1 aliphatic carbocycles. The summed E-state index contributed by atoms with van der Waals surface area (Å²) in [6, 6.07) is 0.402. The van der Waals surface area contributed by atoms with Gasteiger partial charge in [0.05, 0.1) is 6.20 Å². The summed E-state index contributed by atoms with van der Waals surface area (Å²) in [5, 5.41) is 3.40. The normalized spacial score (nSPS) is 21.1. The number of hydrogen-bond acceptors (Lipinski definition) is 4. The molecular weight excluding hydrogens is 252 g/mol. The standard InChI is InChI=1S/C15H22N4O/c20-15(12-3-1-2-4-12)19-9-5-13(6-10-19)18-14-11-16-7-8-17-14/h7-8,11-13H,1-6,9-10H2,(H,17,18). The molecule has 108 valence electrons. The second kappa shape index (κ2) is 6.20. The zero-order valence-corrected chi connectivity index (χ0v) is 11.8. The fraction of sp³-hybridized carbons (Fsp3) is 0.667. The molecule has 0 bridgehead atoms. The number of likely N-dealkylation sites (tertiary alicyclic amines) is 1. The van der Waals surface area contributed by atoms with Crippen LogP contribution in [0.1, 0.15) is 38.5 Å². The van der Waals surface area contributed by atoms with Crippen LogP contribution in [0.15, 0.2) is 18.6 Å². The Labute approximate surface area is 119 Å². The molecule has 1 saturated heterocycles. The van der Waals surface area contributed by atoms with E-state index in [1.165, 1.54) is 12.8 Å². The zero-order valence-electron chi connectivity index (χ0n) is 11.8. The number of anilines is 1. The van der Waals surface area contributed by atoms with Crippen LogP contribution in [0.4, 0.5) is 5.82 Å². The fourth-order valence-corrected chi connectivity index (χ4v) is 3.26. The van der Waals surface area contributed by atoms with Crippen LogP contribution in [0.5, 0.6) is 0 Å². The monoisotopic (exact) mass is 274 g/mol. The molecule has 1 saturated carbocycles. The second-order valence-corrected chi connectivity index (χ2v) is 5.82. The summed E-state index contributed by atoms with van der Waals surface area (Å²) in [6.45, 7) is 1.74. The summed E-state index contributed by atoms with van der Waals surface area (Å²) in [5.41, 5.74) is 0. The number of piperidine rings is 1. The molecule has 5 heteroatoms. The topological polar surface area (TPSA) is 58.1 Å². The molecule has 0 radical (unpaired) electrons. The Morgan fingerprint density at radius 1 is 1.15 bits per heavy atom. The molecule has 1 aromatic rings. The van der Waals surface area contributed by atoms with Gasteiger partial charge in [-0.3, -0.25) is 9.78 Å². The Morgan fingerprint density at radius 3 is 2.55 bits per heavy atom. The minimum atomic E-state index is 0.305. The molecule has 1 amide bonds. The highest BCUT2D eigenvalue weighted by Gasteiger charge is 2.29. The van der Waals surface area contributed by atoms with Crippen molar-refractivity contribution in [3.05, 3.63) is 18.6 Å². The minimum absolute atomic E-state index is 0.305. The first-order chi connectivity index (χ1) is 9.83. The van der Waals surface area contributed by atoms with Crippen LogP contribution in [-0.4, -0.2) is 39.9 Å². The lowest BCUT2D eigenvalue weighted by Gasteiger charge is -2.34. The van der Waals surface area contributed by atoms with Gasteiger partial charge in [0, 0.05) is 37.4 Å². The molecule has 1 N–H and O–H groups in total. The second-order valence-electron chi connectivity index (χ2n) is 5.82. The number of carbonyl (C=O) groups excluding carboxylic acids is 1. The van der Waals surface area contributed by atoms with Gasteiger partial charge in [0.15, 0.2) is 0 Å². The smallest absolute Gasteiger partial charge is 0.225 e. The Bertz CT molecular complexity index is 436. The van der Waals surface area contributed by atoms with Gasteiger partial charge in [-0.15, -0.1) is 0 Å². The summed E-state index contributed by atoms with van der Waals surface area (Å²) in [4.78, 5) is 22.7. The number of aromatic nitrogens is 2. The van der Waals surface area contributed by atoms with E-state index in [2.05, 4.69) is 20.2 Å². The molecule has 5 nitrogen and oxygen atoms in total. The zero-order chi connectivity index (χ0) is 13.8. The van der Waals surface area contributed by atoms with Crippen molar-refractivity contribution in [3.8, 4) is 0 Å². The maximum atomic E-state index is 12.3. The SMILES string of the molecule is O=C(C1CCCC1)N1CCC(Nc2cnccn2)CC1. The van der Waals surface area contributed by atoms with E-state index in [-0.39, 0.29) is 0 Å². The summed E-state index contributed by atoms with van der Waals surface area (Å²) in [6.07, 6.45) is 11.7. The summed E-state index contributed by atoms with van der Waals surface area (Å²) >= 11 is 0. The molecule has 0 spiro atoms. The van der Waals surface area contributed by atoms with E-state index in [9.17, 15) is 4.79 Å². The van der Waals surface area contributed by atoms with Crippen LogP contribution in [0.2, 0.25) is 0 Å². The predicted molar refractivity (Wildman–Crippen MR) is 77.2 cm³/mol. The van der Waals surface area contributed by atoms with Crippen molar-refractivity contribution in [2.75, 3.05) is 18.4 Å². The van der Waals surface area contributed by atoms with Gasteiger partial charge in [-0.2, -0.15) is 0 Å². The van der Waals surface area contributed by atoms with E-state index < -0.39 is 0 Å². The summed E-state index contributed by atoms with van der Waals surface area (Å²) < 4.78 is 0. The first-order valence-electron chi connectivity index (χ1n) is 7.64. The minimum Gasteiger partial charge on any atom is -0.366 e. The van der Waals surface area contributed by atoms with Gasteiger partial charge in [0.25, 0.3) is 0 Å². The Balaban J connectivity index is 1.48. The average molecular weight is 274 g/mol. The van der Waals surface area contributed by atoms with Crippen molar-refractivity contribution in [1.29, 1.82) is 0 Å². The van der Waals surface area contributed by atoms with Crippen LogP contribution in [-0.2, 0) is 4.79 Å². The quantitative estimate of drug-likeness (QED) is 0.916. The lowest BCUT2D eigenvalue weighted by Crippen LogP contribution is -2.44. The maximum absolute atomic E-state index is 12.3. The Morgan fingerprint density at radius 2 is 1.90 bits per heavy atom. The third-order valence-corrected chi connectivity index (χ3v) is 4.43. The number of carbonyl (C=O) groups is 1. The summed E-state index contributed by atoms with van der Waals surface area (Å²) in [5.74, 6) is 1.52. The molecule has 2 fully saturated rings. The number of hydrogen-bond donors (Lipinski definition) is 1. The van der Waals surface area contributed by atoms with E-state index in [1.807, 2.05) is 0 Å². The first-order valence-corrected chi connectivity index (χ1v) is 7.64. The fourth-order valence-electron chi connectivity index (χ4n) is 3.26. The van der Waals surface area contributed by atoms with E-state index in [1.54, 1.807) is 18.6 Å². The van der Waals surface area contributed by atoms with Gasteiger partial charge in [-0.1, -0.05) is 12.8 Å². The highest BCUT2D eigenvalue weighted by Crippen LogP contribution is 2.27. The number of nitrogens with one attached hydrogen (secondary N) is 1. The van der Waals surface area contributed by atoms with Crippen LogP contribution in [0.25, 0.3) is 0 Å². The Kier molecular flexibility index (Phi) is 4.14. The van der Waals surface area contributed by atoms with Crippen LogP contribution in [0.3, 0.4) is 0 Å². The molecule has 3 rings (SSSR count). The first kappa shape index (κ1) is 13.3. The van der Waals surface area contributed by atoms with E-state index in [4.69, 9.17) is 0 Å². The van der Waals surface area contributed by atoms with Crippen molar-refractivity contribution in [1.82, 2.24) is 14.9 Å². The lowest BCUT2D eigenvalue weighted by atomic mass is 10.0. The molecule has 0 unspecified atom stereocenters. The molecule has 2 heterocycles. The highest BCUT2D eigenvalue weighted by atomic mass is 16.2. The number of rotatable bonds is 3. The van der Waals surface area contributed by atoms with Gasteiger partial charge < -0.3 is 10.2 Å². The number of amides is 1. The molecular formula is C15H22N4O. The van der Waals surface area contributed by atoms with E-state index in [0.717, 1.165) is 44.6 Å². The maximum Gasteiger partial charge on any atom is 0.225 e. The van der Waals surface area contributed by atoms with Crippen molar-refractivity contribution in [2.45, 2.75) is 44.6 Å². The predicted octanol–water partition coefficient (Wildman–Crippen LogP) is 2.07. The molecule has 1 aliphatic heterocycles. The largest absolute Gasteiger partial charge is 0.366 e. The van der Waals surface area contributed by atoms with Gasteiger partial charge in [0.2, 0.25) is 5.91 Å². The third kappa shape index (κ3) is 3.08. The summed E-state index contributed by atoms with van der Waals surface area (Å²) in [7, 11) is 0. The molecule has 2 aliphatic rings. The van der Waals surface area contributed by atoms with E-state index >= 15 is 0 Å².